The lowest BCUT2D eigenvalue weighted by Gasteiger charge is -2.19. The number of phenolic OH excluding ortho intramolecular Hbond substituents is 1. The average Bonchev–Trinajstić information content (AvgIpc) is 2.97. The van der Waals surface area contributed by atoms with Crippen LogP contribution in [0.3, 0.4) is 0 Å². The average molecular weight is 366 g/mol. The van der Waals surface area contributed by atoms with Crippen molar-refractivity contribution in [2.45, 2.75) is 12.6 Å². The second-order valence-electron chi connectivity index (χ2n) is 6.95. The number of aromatic hydroxyl groups is 1. The number of aromatic nitrogens is 1. The van der Waals surface area contributed by atoms with Crippen molar-refractivity contribution in [3.8, 4) is 5.75 Å². The molecule has 0 spiro atoms. The number of methoxy groups -OCH3 is 1. The summed E-state index contributed by atoms with van der Waals surface area (Å²) in [6.07, 6.45) is -0.0729. The van der Waals surface area contributed by atoms with E-state index in [4.69, 9.17) is 20.4 Å². The first-order valence-electron chi connectivity index (χ1n) is 9.18. The van der Waals surface area contributed by atoms with Gasteiger partial charge in [-0.2, -0.15) is 0 Å². The van der Waals surface area contributed by atoms with E-state index in [-0.39, 0.29) is 11.9 Å². The highest BCUT2D eigenvalue weighted by Crippen LogP contribution is 2.28. The summed E-state index contributed by atoms with van der Waals surface area (Å²) >= 11 is 0. The van der Waals surface area contributed by atoms with Gasteiger partial charge in [-0.3, -0.25) is 0 Å². The molecule has 0 fully saturated rings. The fraction of sp³-hybridized carbons (Fsp3) is 0.182. The van der Waals surface area contributed by atoms with Crippen molar-refractivity contribution in [3.63, 3.8) is 0 Å². The minimum Gasteiger partial charge on any atom is -0.508 e. The van der Waals surface area contributed by atoms with Crippen molar-refractivity contribution in [2.75, 3.05) is 19.0 Å². The maximum absolute atomic E-state index is 9.63. The van der Waals surface area contributed by atoms with Gasteiger partial charge >= 0.3 is 0 Å². The van der Waals surface area contributed by atoms with Crippen LogP contribution >= 0.6 is 0 Å². The summed E-state index contributed by atoms with van der Waals surface area (Å²) < 4.78 is 7.96. The molecule has 3 aromatic carbocycles. The molecule has 1 aromatic heterocycles. The van der Waals surface area contributed by atoms with Crippen molar-refractivity contribution < 1.29 is 9.84 Å². The van der Waals surface area contributed by atoms with Gasteiger partial charge in [-0.1, -0.05) is 41.3 Å². The summed E-state index contributed by atoms with van der Waals surface area (Å²) in [6, 6.07) is 18.9. The Balaban J connectivity index is 1.67. The first-order valence-corrected chi connectivity index (χ1v) is 9.18. The van der Waals surface area contributed by atoms with E-state index in [1.54, 1.807) is 25.3 Å². The highest BCUT2D eigenvalue weighted by atomic mass is 16.5. The van der Waals surface area contributed by atoms with E-state index >= 15 is 0 Å². The van der Waals surface area contributed by atoms with E-state index in [1.807, 2.05) is 42.5 Å². The van der Waals surface area contributed by atoms with Gasteiger partial charge in [0.05, 0.1) is 12.6 Å². The Morgan fingerprint density at radius 3 is 2.18 bits per heavy atom. The van der Waals surface area contributed by atoms with Crippen LogP contribution in [0.5, 0.6) is 5.75 Å². The predicted octanol–water partition coefficient (Wildman–Crippen LogP) is 2.21. The van der Waals surface area contributed by atoms with Crippen molar-refractivity contribution in [2.24, 2.45) is 0 Å². The van der Waals surface area contributed by atoms with Crippen LogP contribution < -0.4 is 16.2 Å². The number of ether oxygens (including phenoxy) is 1. The molecule has 136 valence electrons. The van der Waals surface area contributed by atoms with Crippen LogP contribution in [-0.4, -0.2) is 45.1 Å². The van der Waals surface area contributed by atoms with Gasteiger partial charge in [0.1, 0.15) is 21.4 Å². The lowest BCUT2D eigenvalue weighted by molar-refractivity contribution is 0.100. The maximum atomic E-state index is 9.63. The zero-order valence-corrected chi connectivity index (χ0v) is 15.7. The second-order valence-corrected chi connectivity index (χ2v) is 6.95. The molecule has 0 amide bonds. The normalized spacial score (nSPS) is 12.5. The van der Waals surface area contributed by atoms with Crippen LogP contribution in [0.25, 0.3) is 21.8 Å². The number of hydrogen-bond donors (Lipinski definition) is 2. The van der Waals surface area contributed by atoms with Gasteiger partial charge in [0.25, 0.3) is 0 Å². The van der Waals surface area contributed by atoms with Crippen LogP contribution in [0, 0.1) is 0 Å². The Kier molecular flexibility index (Phi) is 5.05. The molecule has 0 bridgehead atoms. The molecule has 0 aliphatic heterocycles. The van der Waals surface area contributed by atoms with E-state index in [0.717, 1.165) is 38.4 Å². The fourth-order valence-electron chi connectivity index (χ4n) is 3.61. The van der Waals surface area contributed by atoms with Crippen LogP contribution in [0.2, 0.25) is 0 Å². The number of fused-ring (bicyclic) bond motifs is 3. The molecule has 28 heavy (non-hydrogen) atoms. The van der Waals surface area contributed by atoms with E-state index < -0.39 is 0 Å². The molecule has 1 unspecified atom stereocenters. The van der Waals surface area contributed by atoms with E-state index in [0.29, 0.717) is 13.1 Å². The monoisotopic (exact) mass is 366 g/mol. The summed E-state index contributed by atoms with van der Waals surface area (Å²) in [4.78, 5) is 0. The highest BCUT2D eigenvalue weighted by Gasteiger charge is 2.15. The van der Waals surface area contributed by atoms with Gasteiger partial charge in [-0.15, -0.1) is 0 Å². The van der Waals surface area contributed by atoms with Crippen LogP contribution in [0.1, 0.15) is 0 Å². The van der Waals surface area contributed by atoms with Gasteiger partial charge in [0, 0.05) is 47.2 Å². The molecule has 2 N–H and O–H groups in total. The molecule has 0 aliphatic rings. The predicted molar refractivity (Wildman–Crippen MR) is 118 cm³/mol. The lowest BCUT2D eigenvalue weighted by atomic mass is 9.92. The van der Waals surface area contributed by atoms with Gasteiger partial charge in [0.15, 0.2) is 0 Å². The molecule has 4 radical (unpaired) electrons. The Bertz CT molecular complexity index is 1080. The number of anilines is 1. The second kappa shape index (κ2) is 7.64. The molecule has 0 saturated carbocycles. The maximum Gasteiger partial charge on any atom is 0.117 e. The number of nitrogens with one attached hydrogen (secondary N) is 1. The van der Waals surface area contributed by atoms with Gasteiger partial charge in [-0.05, 0) is 24.3 Å². The molecule has 4 rings (SSSR count). The molecule has 1 atom stereocenters. The van der Waals surface area contributed by atoms with Crippen LogP contribution in [0.4, 0.5) is 5.69 Å². The number of rotatable bonds is 6. The molecule has 4 aromatic rings. The first kappa shape index (κ1) is 18.5. The Morgan fingerprint density at radius 1 is 0.964 bits per heavy atom. The minimum absolute atomic E-state index is 0.0729. The van der Waals surface area contributed by atoms with Gasteiger partial charge < -0.3 is 19.7 Å². The highest BCUT2D eigenvalue weighted by molar-refractivity contribution is 6.35. The summed E-state index contributed by atoms with van der Waals surface area (Å²) in [6.45, 7) is 1.27. The molecule has 1 heterocycles. The third-order valence-corrected chi connectivity index (χ3v) is 5.01. The Morgan fingerprint density at radius 2 is 1.61 bits per heavy atom. The van der Waals surface area contributed by atoms with Crippen LogP contribution in [-0.2, 0) is 11.3 Å². The zero-order chi connectivity index (χ0) is 19.7. The van der Waals surface area contributed by atoms with E-state index in [2.05, 4.69) is 9.88 Å². The first-order chi connectivity index (χ1) is 13.5. The lowest BCUT2D eigenvalue weighted by Crippen LogP contribution is -2.27. The molecule has 0 aliphatic carbocycles. The van der Waals surface area contributed by atoms with Crippen molar-refractivity contribution in [1.29, 1.82) is 0 Å². The molecule has 4 nitrogen and oxygen atoms in total. The number of hydrogen-bond acceptors (Lipinski definition) is 3. The summed E-state index contributed by atoms with van der Waals surface area (Å²) in [5.41, 5.74) is 4.49. The SMILES string of the molecule is [B]c1ccc2c(c1)c1cc([B])ccc1n2CC(CNc1cccc(O)c1)OC. The number of benzene rings is 3. The van der Waals surface area contributed by atoms with Gasteiger partial charge in [-0.25, -0.2) is 0 Å². The van der Waals surface area contributed by atoms with E-state index in [9.17, 15) is 5.11 Å². The smallest absolute Gasteiger partial charge is 0.117 e. The summed E-state index contributed by atoms with van der Waals surface area (Å²) in [7, 11) is 13.7. The van der Waals surface area contributed by atoms with Gasteiger partial charge in [0.2, 0.25) is 0 Å². The van der Waals surface area contributed by atoms with Crippen molar-refractivity contribution >= 4 is 54.1 Å². The largest absolute Gasteiger partial charge is 0.508 e. The van der Waals surface area contributed by atoms with Crippen molar-refractivity contribution in [3.05, 3.63) is 60.7 Å². The molecular weight excluding hydrogens is 346 g/mol. The molecule has 6 heteroatoms. The summed E-state index contributed by atoms with van der Waals surface area (Å²) in [5, 5.41) is 15.1. The topological polar surface area (TPSA) is 46.4 Å². The Hall–Kier alpha value is -2.85. The minimum atomic E-state index is -0.0729. The number of phenols is 1. The third-order valence-electron chi connectivity index (χ3n) is 5.01. The van der Waals surface area contributed by atoms with Crippen molar-refractivity contribution in [1.82, 2.24) is 4.57 Å². The summed E-state index contributed by atoms with van der Waals surface area (Å²) in [5.74, 6) is 0.233. The number of nitrogens with zero attached hydrogens (tertiary/aromatic N) is 1. The fourth-order valence-corrected chi connectivity index (χ4v) is 3.61. The Labute approximate surface area is 166 Å². The third kappa shape index (κ3) is 3.60. The standard InChI is InChI=1S/C22H20B2N2O2/c1-28-18(12-25-16-3-2-4-17(27)11-16)13-26-21-7-5-14(23)9-19(21)20-10-15(24)6-8-22(20)26/h2-11,18,25,27H,12-13H2,1H3. The quantitative estimate of drug-likeness (QED) is 0.515. The zero-order valence-electron chi connectivity index (χ0n) is 15.7. The molecular formula is C22H20B2N2O2. The van der Waals surface area contributed by atoms with E-state index in [1.165, 1.54) is 0 Å². The van der Waals surface area contributed by atoms with Crippen LogP contribution in [0.15, 0.2) is 60.7 Å². The molecule has 0 saturated heterocycles.